The number of pyridine rings is 1. The Morgan fingerprint density at radius 3 is 2.38 bits per heavy atom. The number of halogens is 2. The van der Waals surface area contributed by atoms with Gasteiger partial charge in [0.15, 0.2) is 18.2 Å². The second-order valence-corrected chi connectivity index (χ2v) is 18.0. The van der Waals surface area contributed by atoms with Gasteiger partial charge in [0, 0.05) is 61.8 Å². The average molecular weight is 931 g/mol. The Hall–Kier alpha value is -5.65. The molecule has 3 amide bonds. The van der Waals surface area contributed by atoms with Gasteiger partial charge in [0.25, 0.3) is 17.4 Å². The van der Waals surface area contributed by atoms with Crippen LogP contribution < -0.4 is 36.5 Å². The molecule has 66 heavy (non-hydrogen) atoms. The van der Waals surface area contributed by atoms with Gasteiger partial charge in [-0.05, 0) is 127 Å². The molecule has 0 bridgehead atoms. The van der Waals surface area contributed by atoms with Gasteiger partial charge in [0.2, 0.25) is 11.9 Å². The third-order valence-electron chi connectivity index (χ3n) is 13.0. The summed E-state index contributed by atoms with van der Waals surface area (Å²) in [5.41, 5.74) is 2.56. The van der Waals surface area contributed by atoms with Crippen LogP contribution in [0.15, 0.2) is 47.4 Å². The molecular formula is C48H61ClFN9O7. The van der Waals surface area contributed by atoms with E-state index >= 15 is 4.39 Å². The number of hydrogen-bond donors (Lipinski definition) is 4. The lowest BCUT2D eigenvalue weighted by molar-refractivity contribution is -0.126. The molecule has 2 aromatic carbocycles. The van der Waals surface area contributed by atoms with Crippen LogP contribution in [0, 0.1) is 5.82 Å². The van der Waals surface area contributed by atoms with E-state index in [0.717, 1.165) is 74.7 Å². The Bertz CT molecular complexity index is 2470. The van der Waals surface area contributed by atoms with Crippen LogP contribution >= 0.6 is 11.6 Å². The maximum Gasteiger partial charge on any atom is 0.293 e. The molecule has 18 heteroatoms. The predicted octanol–water partition coefficient (Wildman–Crippen LogP) is 6.34. The van der Waals surface area contributed by atoms with E-state index in [-0.39, 0.29) is 66.3 Å². The van der Waals surface area contributed by atoms with Crippen LogP contribution in [0.1, 0.15) is 118 Å². The second kappa shape index (κ2) is 21.8. The summed E-state index contributed by atoms with van der Waals surface area (Å²) in [6, 6.07) is 9.28. The van der Waals surface area contributed by atoms with Crippen molar-refractivity contribution in [3.05, 3.63) is 80.5 Å². The molecule has 2 atom stereocenters. The van der Waals surface area contributed by atoms with Crippen molar-refractivity contribution in [3.63, 3.8) is 0 Å². The van der Waals surface area contributed by atoms with E-state index in [9.17, 15) is 24.0 Å². The summed E-state index contributed by atoms with van der Waals surface area (Å²) in [4.78, 5) is 73.6. The Labute approximate surface area is 389 Å². The number of anilines is 3. The monoisotopic (exact) mass is 929 g/mol. The minimum atomic E-state index is -0.795. The molecule has 4 aliphatic rings. The third kappa shape index (κ3) is 10.6. The number of likely N-dealkylation sites (N-methyl/N-ethyl adjacent to an activating group) is 2. The zero-order chi connectivity index (χ0) is 47.1. The van der Waals surface area contributed by atoms with Crippen molar-refractivity contribution in [2.24, 2.45) is 0 Å². The summed E-state index contributed by atoms with van der Waals surface area (Å²) in [6.45, 7) is 8.74. The summed E-state index contributed by atoms with van der Waals surface area (Å²) in [7, 11) is 3.01. The van der Waals surface area contributed by atoms with Crippen LogP contribution in [0.2, 0.25) is 5.02 Å². The van der Waals surface area contributed by atoms with Crippen molar-refractivity contribution < 1.29 is 33.0 Å². The van der Waals surface area contributed by atoms with E-state index in [2.05, 4.69) is 31.2 Å². The smallest absolute Gasteiger partial charge is 0.293 e. The number of carbonyl (C=O) groups is 4. The summed E-state index contributed by atoms with van der Waals surface area (Å²) in [5, 5.41) is 12.8. The number of nitrogens with zero attached hydrogens (tertiary/aromatic N) is 5. The molecule has 0 radical (unpaired) electrons. The van der Waals surface area contributed by atoms with Gasteiger partial charge in [-0.15, -0.1) is 0 Å². The zero-order valence-electron chi connectivity index (χ0n) is 38.3. The summed E-state index contributed by atoms with van der Waals surface area (Å²) in [6.07, 6.45) is 10.8. The quantitative estimate of drug-likeness (QED) is 0.0972. The van der Waals surface area contributed by atoms with E-state index in [1.807, 2.05) is 32.0 Å². The lowest BCUT2D eigenvalue weighted by Crippen LogP contribution is -2.47. The van der Waals surface area contributed by atoms with Crippen molar-refractivity contribution in [1.29, 1.82) is 0 Å². The second-order valence-electron chi connectivity index (χ2n) is 17.6. The van der Waals surface area contributed by atoms with E-state index < -0.39 is 12.1 Å². The Morgan fingerprint density at radius 1 is 1.00 bits per heavy atom. The molecule has 4 N–H and O–H groups in total. The van der Waals surface area contributed by atoms with E-state index in [4.69, 9.17) is 26.1 Å². The molecule has 2 aromatic heterocycles. The fraction of sp³-hybridized carbons (Fsp3) is 0.521. The molecule has 1 saturated carbocycles. The van der Waals surface area contributed by atoms with Crippen molar-refractivity contribution in [2.45, 2.75) is 115 Å². The first kappa shape index (κ1) is 48.3. The number of piperidine rings is 2. The zero-order valence-corrected chi connectivity index (χ0v) is 39.1. The highest BCUT2D eigenvalue weighted by molar-refractivity contribution is 6.33. The van der Waals surface area contributed by atoms with Crippen LogP contribution in [0.25, 0.3) is 10.9 Å². The molecule has 8 rings (SSSR count). The molecule has 3 aliphatic heterocycles. The highest BCUT2D eigenvalue weighted by atomic mass is 35.5. The number of carbonyl (C=O) groups excluding carboxylic acids is 4. The van der Waals surface area contributed by atoms with Crippen LogP contribution in [0.3, 0.4) is 0 Å². The minimum absolute atomic E-state index is 0.107. The van der Waals surface area contributed by atoms with Gasteiger partial charge in [0.1, 0.15) is 23.2 Å². The van der Waals surface area contributed by atoms with Crippen molar-refractivity contribution >= 4 is 64.0 Å². The number of benzene rings is 2. The number of ether oxygens (including phenoxy) is 2. The number of nitrogens with one attached hydrogen (secondary N) is 4. The van der Waals surface area contributed by atoms with Gasteiger partial charge in [0.05, 0.1) is 30.0 Å². The van der Waals surface area contributed by atoms with Crippen LogP contribution in [0.4, 0.5) is 21.8 Å². The lowest BCUT2D eigenvalue weighted by Gasteiger charge is -2.36. The first-order valence-corrected chi connectivity index (χ1v) is 23.4. The Morgan fingerprint density at radius 2 is 1.73 bits per heavy atom. The Kier molecular flexibility index (Phi) is 15.9. The minimum Gasteiger partial charge on any atom is -0.478 e. The lowest BCUT2D eigenvalue weighted by atomic mass is 9.87. The number of hydrogen-bond acceptors (Lipinski definition) is 12. The van der Waals surface area contributed by atoms with E-state index in [1.54, 1.807) is 35.9 Å². The predicted molar refractivity (Wildman–Crippen MR) is 251 cm³/mol. The van der Waals surface area contributed by atoms with Crippen molar-refractivity contribution in [2.75, 3.05) is 57.1 Å². The van der Waals surface area contributed by atoms with E-state index in [1.165, 1.54) is 38.3 Å². The topological polar surface area (TPSA) is 189 Å². The molecule has 2 unspecified atom stereocenters. The van der Waals surface area contributed by atoms with Crippen molar-refractivity contribution in [3.8, 4) is 5.75 Å². The molecule has 2 saturated heterocycles. The molecule has 3 fully saturated rings. The fourth-order valence-electron chi connectivity index (χ4n) is 9.24. The standard InChI is InChI=1S/C28H35ClN6O4.C20H26FN3O3/c1-17(2)35-23-8-7-19(13-18(23)14-24(27(35)37)38-16-25(36)30-3)32-26-22(29)15-31-28(33-26)34-11-9-21(10-12-34)39-20-5-4-6-20;1-12-17-15(6-5-14(18(17)21)13-7-9-23-10-8-13)20(27)24(12)16(4-3-11-25)19(26)22-2/h7-8,13-15,17,20-21H,4-6,9-12,16H2,1-3H3,(H,30,36)(H,31,32,33);5-6,11-13,16,23H,3-4,7-10H2,1-2H3,(H,22,26). The third-order valence-corrected chi connectivity index (χ3v) is 13.3. The highest BCUT2D eigenvalue weighted by Gasteiger charge is 2.43. The summed E-state index contributed by atoms with van der Waals surface area (Å²) >= 11 is 6.47. The highest BCUT2D eigenvalue weighted by Crippen LogP contribution is 2.41. The van der Waals surface area contributed by atoms with Crippen molar-refractivity contribution in [1.82, 2.24) is 35.4 Å². The molecule has 4 aromatic rings. The molecule has 1 aliphatic carbocycles. The number of aromatic nitrogens is 3. The summed E-state index contributed by atoms with van der Waals surface area (Å²) in [5.74, 6) is 0.0443. The molecule has 16 nitrogen and oxygen atoms in total. The normalized spacial score (nSPS) is 18.3. The first-order valence-electron chi connectivity index (χ1n) is 23.1. The van der Waals surface area contributed by atoms with Gasteiger partial charge in [-0.1, -0.05) is 17.7 Å². The van der Waals surface area contributed by atoms with Crippen LogP contribution in [0.5, 0.6) is 5.75 Å². The van der Waals surface area contributed by atoms with Gasteiger partial charge >= 0.3 is 0 Å². The largest absolute Gasteiger partial charge is 0.478 e. The molecule has 5 heterocycles. The van der Waals surface area contributed by atoms with Crippen LogP contribution in [-0.2, 0) is 19.1 Å². The molecule has 354 valence electrons. The fourth-order valence-corrected chi connectivity index (χ4v) is 9.38. The number of amides is 3. The van der Waals surface area contributed by atoms with Gasteiger partial charge in [-0.2, -0.15) is 4.98 Å². The van der Waals surface area contributed by atoms with Gasteiger partial charge < -0.3 is 49.9 Å². The van der Waals surface area contributed by atoms with E-state index in [0.29, 0.717) is 45.7 Å². The number of fused-ring (bicyclic) bond motifs is 2. The molecular weight excluding hydrogens is 869 g/mol. The average Bonchev–Trinajstić information content (AvgIpc) is 3.56. The maximum absolute atomic E-state index is 15.4. The Balaban J connectivity index is 0.000000210. The van der Waals surface area contributed by atoms with Gasteiger partial charge in [-0.3, -0.25) is 19.2 Å². The molecule has 0 spiro atoms. The maximum atomic E-state index is 15.4. The number of aldehydes is 1. The number of rotatable bonds is 15. The first-order chi connectivity index (χ1) is 31.8. The van der Waals surface area contributed by atoms with Gasteiger partial charge in [-0.25, -0.2) is 9.37 Å². The summed E-state index contributed by atoms with van der Waals surface area (Å²) < 4.78 is 28.8. The van der Waals surface area contributed by atoms with Crippen LogP contribution in [-0.4, -0.2) is 109 Å². The SMILES string of the molecule is CNC(=O)C(CCC=O)N1C(=O)c2ccc(C3CCNCC3)c(F)c2C1C.CNC(=O)COc1cc2cc(Nc3nc(N4CCC(OC5CCC5)CC4)ncc3Cl)ccc2n(C(C)C)c1=O.